The Hall–Kier alpha value is -3.14. The molecule has 4 heteroatoms. The van der Waals surface area contributed by atoms with Crippen LogP contribution >= 0.6 is 0 Å². The number of amides is 1. The van der Waals surface area contributed by atoms with Gasteiger partial charge in [0.15, 0.2) is 0 Å². The molecule has 3 nitrogen and oxygen atoms in total. The van der Waals surface area contributed by atoms with Gasteiger partial charge in [-0.15, -0.1) is 0 Å². The number of benzene rings is 3. The summed E-state index contributed by atoms with van der Waals surface area (Å²) >= 11 is 0. The van der Waals surface area contributed by atoms with E-state index in [1.807, 2.05) is 35.2 Å². The van der Waals surface area contributed by atoms with E-state index in [1.165, 1.54) is 23.3 Å². The van der Waals surface area contributed by atoms with Crippen LogP contribution in [0.4, 0.5) is 9.18 Å². The molecular weight excluding hydrogens is 365 g/mol. The van der Waals surface area contributed by atoms with Crippen molar-refractivity contribution in [3.05, 3.63) is 95.3 Å². The van der Waals surface area contributed by atoms with E-state index in [0.29, 0.717) is 12.5 Å². The average molecular weight is 387 g/mol. The third kappa shape index (κ3) is 3.39. The Morgan fingerprint density at radius 3 is 2.52 bits per heavy atom. The van der Waals surface area contributed by atoms with Crippen molar-refractivity contribution in [2.45, 2.75) is 31.4 Å². The predicted octanol–water partition coefficient (Wildman–Crippen LogP) is 6.06. The number of hydrogen-bond acceptors (Lipinski definition) is 2. The van der Waals surface area contributed by atoms with Crippen LogP contribution in [0.3, 0.4) is 0 Å². The molecule has 146 valence electrons. The van der Waals surface area contributed by atoms with Gasteiger partial charge in [0.1, 0.15) is 12.4 Å². The molecule has 29 heavy (non-hydrogen) atoms. The lowest BCUT2D eigenvalue weighted by Gasteiger charge is -2.33. The second-order valence-electron chi connectivity index (χ2n) is 7.82. The van der Waals surface area contributed by atoms with Crippen LogP contribution < -0.4 is 0 Å². The summed E-state index contributed by atoms with van der Waals surface area (Å²) in [5, 5.41) is 0. The molecule has 1 saturated heterocycles. The highest BCUT2D eigenvalue weighted by molar-refractivity contribution is 5.71. The maximum absolute atomic E-state index is 13.3. The summed E-state index contributed by atoms with van der Waals surface area (Å²) in [7, 11) is 0. The Morgan fingerprint density at radius 1 is 0.966 bits per heavy atom. The van der Waals surface area contributed by atoms with Gasteiger partial charge in [0.25, 0.3) is 0 Å². The topological polar surface area (TPSA) is 29.5 Å². The normalized spacial score (nSPS) is 19.7. The van der Waals surface area contributed by atoms with Crippen molar-refractivity contribution < 1.29 is 13.9 Å². The van der Waals surface area contributed by atoms with Gasteiger partial charge in [-0.2, -0.15) is 0 Å². The summed E-state index contributed by atoms with van der Waals surface area (Å²) in [6.45, 7) is 0.998. The first kappa shape index (κ1) is 17.9. The van der Waals surface area contributed by atoms with E-state index >= 15 is 0 Å². The fourth-order valence-corrected chi connectivity index (χ4v) is 4.62. The molecule has 5 rings (SSSR count). The molecule has 0 radical (unpaired) electrons. The number of fused-ring (bicyclic) bond motifs is 5. The number of likely N-dealkylation sites (tertiary alicyclic amines) is 1. The maximum Gasteiger partial charge on any atom is 0.410 e. The van der Waals surface area contributed by atoms with Gasteiger partial charge in [0.05, 0.1) is 6.04 Å². The molecule has 2 aliphatic rings. The Bertz CT molecular complexity index is 1030. The van der Waals surface area contributed by atoms with E-state index in [-0.39, 0.29) is 24.6 Å². The molecule has 3 aromatic carbocycles. The van der Waals surface area contributed by atoms with Gasteiger partial charge in [0.2, 0.25) is 0 Å². The number of nitrogens with zero attached hydrogens (tertiary/aromatic N) is 1. The third-order valence-electron chi connectivity index (χ3n) is 6.11. The Morgan fingerprint density at radius 2 is 1.72 bits per heavy atom. The fourth-order valence-electron chi connectivity index (χ4n) is 4.62. The molecule has 0 spiro atoms. The van der Waals surface area contributed by atoms with Gasteiger partial charge in [0, 0.05) is 6.54 Å². The number of halogens is 1. The minimum Gasteiger partial charge on any atom is -0.445 e. The predicted molar refractivity (Wildman–Crippen MR) is 110 cm³/mol. The number of rotatable bonds is 3. The van der Waals surface area contributed by atoms with E-state index < -0.39 is 0 Å². The molecule has 1 unspecified atom stereocenters. The summed E-state index contributed by atoms with van der Waals surface area (Å²) in [6, 6.07) is 22.8. The first-order valence-electron chi connectivity index (χ1n) is 10.1. The van der Waals surface area contributed by atoms with Gasteiger partial charge >= 0.3 is 6.09 Å². The number of carbonyl (C=O) groups is 1. The lowest BCUT2D eigenvalue weighted by Crippen LogP contribution is -2.37. The molecule has 1 aliphatic carbocycles. The van der Waals surface area contributed by atoms with Crippen molar-refractivity contribution >= 4 is 6.09 Å². The van der Waals surface area contributed by atoms with E-state index in [1.54, 1.807) is 12.1 Å². The van der Waals surface area contributed by atoms with E-state index in [2.05, 4.69) is 18.2 Å². The van der Waals surface area contributed by atoms with Crippen LogP contribution in [-0.2, 0) is 11.3 Å². The standard InChI is InChI=1S/C25H22FNO2/c26-21-9-6-18(7-10-21)19-8-11-22-20-12-13-27(24(15-20)23(22)14-19)25(28)29-16-17-4-2-1-3-5-17/h1-11,14,20,24H,12-13,15-16H2/t20?,24-/m1/s1. The highest BCUT2D eigenvalue weighted by atomic mass is 19.1. The van der Waals surface area contributed by atoms with E-state index in [0.717, 1.165) is 29.5 Å². The summed E-state index contributed by atoms with van der Waals surface area (Å²) < 4.78 is 18.9. The molecular formula is C25H22FNO2. The van der Waals surface area contributed by atoms with Crippen molar-refractivity contribution in [2.24, 2.45) is 0 Å². The van der Waals surface area contributed by atoms with Crippen LogP contribution in [0.25, 0.3) is 11.1 Å². The SMILES string of the molecule is O=C(OCc1ccccc1)N1CCC2C[C@@H]1c1cc(-c3ccc(F)cc3)ccc12. The molecule has 1 heterocycles. The molecule has 2 bridgehead atoms. The van der Waals surface area contributed by atoms with Gasteiger partial charge in [-0.1, -0.05) is 54.6 Å². The van der Waals surface area contributed by atoms with Crippen molar-refractivity contribution in [1.82, 2.24) is 4.90 Å². The van der Waals surface area contributed by atoms with Crippen LogP contribution in [-0.4, -0.2) is 17.5 Å². The molecule has 1 aliphatic heterocycles. The number of piperidine rings is 1. The third-order valence-corrected chi connectivity index (χ3v) is 6.11. The van der Waals surface area contributed by atoms with E-state index in [4.69, 9.17) is 4.74 Å². The smallest absolute Gasteiger partial charge is 0.410 e. The second-order valence-corrected chi connectivity index (χ2v) is 7.82. The molecule has 2 atom stereocenters. The monoisotopic (exact) mass is 387 g/mol. The van der Waals surface area contributed by atoms with Gasteiger partial charge in [-0.05, 0) is 64.8 Å². The summed E-state index contributed by atoms with van der Waals surface area (Å²) in [5.74, 6) is 0.258. The highest BCUT2D eigenvalue weighted by Crippen LogP contribution is 2.50. The zero-order valence-corrected chi connectivity index (χ0v) is 16.1. The van der Waals surface area contributed by atoms with Crippen LogP contribution in [0.5, 0.6) is 0 Å². The van der Waals surface area contributed by atoms with Gasteiger partial charge in [-0.25, -0.2) is 9.18 Å². The van der Waals surface area contributed by atoms with Crippen molar-refractivity contribution in [3.8, 4) is 11.1 Å². The molecule has 0 saturated carbocycles. The van der Waals surface area contributed by atoms with Crippen LogP contribution in [0.15, 0.2) is 72.8 Å². The summed E-state index contributed by atoms with van der Waals surface area (Å²) in [6.07, 6.45) is 1.65. The minimum absolute atomic E-state index is 0.0485. The average Bonchev–Trinajstić information content (AvgIpc) is 3.05. The zero-order chi connectivity index (χ0) is 19.8. The molecule has 3 aromatic rings. The van der Waals surface area contributed by atoms with Crippen molar-refractivity contribution in [3.63, 3.8) is 0 Å². The highest BCUT2D eigenvalue weighted by Gasteiger charge is 2.41. The number of carbonyl (C=O) groups excluding carboxylic acids is 1. The number of hydrogen-bond donors (Lipinski definition) is 0. The zero-order valence-electron chi connectivity index (χ0n) is 16.1. The largest absolute Gasteiger partial charge is 0.445 e. The van der Waals surface area contributed by atoms with Crippen LogP contribution in [0.2, 0.25) is 0 Å². The number of ether oxygens (including phenoxy) is 1. The Labute approximate surface area is 169 Å². The maximum atomic E-state index is 13.3. The molecule has 0 aromatic heterocycles. The van der Waals surface area contributed by atoms with Gasteiger partial charge < -0.3 is 9.64 Å². The molecule has 1 fully saturated rings. The fraction of sp³-hybridized carbons (Fsp3) is 0.240. The summed E-state index contributed by atoms with van der Waals surface area (Å²) in [4.78, 5) is 14.7. The Kier molecular flexibility index (Phi) is 4.55. The minimum atomic E-state index is -0.252. The lowest BCUT2D eigenvalue weighted by atomic mass is 9.95. The quantitative estimate of drug-likeness (QED) is 0.546. The molecule has 1 amide bonds. The van der Waals surface area contributed by atoms with Crippen molar-refractivity contribution in [2.75, 3.05) is 6.54 Å². The lowest BCUT2D eigenvalue weighted by molar-refractivity contribution is 0.0694. The first-order chi connectivity index (χ1) is 14.2. The van der Waals surface area contributed by atoms with Crippen LogP contribution in [0, 0.1) is 5.82 Å². The second kappa shape index (κ2) is 7.36. The van der Waals surface area contributed by atoms with E-state index in [9.17, 15) is 9.18 Å². The Balaban J connectivity index is 1.38. The summed E-state index contributed by atoms with van der Waals surface area (Å²) in [5.41, 5.74) is 5.55. The van der Waals surface area contributed by atoms with Crippen molar-refractivity contribution in [1.29, 1.82) is 0 Å². The first-order valence-corrected chi connectivity index (χ1v) is 10.1. The van der Waals surface area contributed by atoms with Gasteiger partial charge in [-0.3, -0.25) is 0 Å². The molecule has 0 N–H and O–H groups in total. The van der Waals surface area contributed by atoms with Crippen LogP contribution in [0.1, 0.15) is 41.5 Å².